The van der Waals surface area contributed by atoms with Gasteiger partial charge in [-0.3, -0.25) is 10.1 Å². The first-order valence-electron chi connectivity index (χ1n) is 6.58. The molecule has 19 heavy (non-hydrogen) atoms. The van der Waals surface area contributed by atoms with Crippen LogP contribution in [0.4, 0.5) is 0 Å². The molecule has 2 unspecified atom stereocenters. The predicted molar refractivity (Wildman–Crippen MR) is 78.8 cm³/mol. The maximum absolute atomic E-state index is 12.0. The molecule has 1 heterocycles. The molecule has 0 bridgehead atoms. The second kappa shape index (κ2) is 5.63. The lowest BCUT2D eigenvalue weighted by Gasteiger charge is -2.24. The fourth-order valence-electron chi connectivity index (χ4n) is 2.14. The maximum atomic E-state index is 12.0. The van der Waals surface area contributed by atoms with Crippen LogP contribution in [0.5, 0.6) is 0 Å². The molecule has 1 aromatic rings. The summed E-state index contributed by atoms with van der Waals surface area (Å²) in [5, 5.41) is 3.27. The normalized spacial score (nSPS) is 23.4. The van der Waals surface area contributed by atoms with E-state index in [4.69, 9.17) is 4.74 Å². The number of esters is 1. The van der Waals surface area contributed by atoms with Crippen molar-refractivity contribution in [2.45, 2.75) is 39.3 Å². The van der Waals surface area contributed by atoms with E-state index in [9.17, 15) is 4.79 Å². The van der Waals surface area contributed by atoms with E-state index in [1.165, 1.54) is 5.56 Å². The van der Waals surface area contributed by atoms with Crippen LogP contribution in [0, 0.1) is 5.41 Å². The van der Waals surface area contributed by atoms with Crippen LogP contribution >= 0.6 is 15.9 Å². The van der Waals surface area contributed by atoms with Crippen molar-refractivity contribution < 1.29 is 9.53 Å². The van der Waals surface area contributed by atoms with Crippen molar-refractivity contribution in [3.8, 4) is 0 Å². The van der Waals surface area contributed by atoms with Gasteiger partial charge in [-0.2, -0.15) is 0 Å². The van der Waals surface area contributed by atoms with E-state index in [2.05, 4.69) is 33.4 Å². The SMILES string of the molecule is CC(C)(C)C(=O)OC1NCCC1c1ccc(Br)cc1. The van der Waals surface area contributed by atoms with Crippen LogP contribution in [-0.4, -0.2) is 18.7 Å². The maximum Gasteiger partial charge on any atom is 0.312 e. The number of carbonyl (C=O) groups is 1. The molecule has 0 amide bonds. The lowest BCUT2D eigenvalue weighted by molar-refractivity contribution is -0.160. The average molecular weight is 326 g/mol. The lowest BCUT2D eigenvalue weighted by atomic mass is 9.95. The zero-order valence-corrected chi connectivity index (χ0v) is 13.2. The van der Waals surface area contributed by atoms with Crippen molar-refractivity contribution in [1.29, 1.82) is 0 Å². The van der Waals surface area contributed by atoms with Crippen molar-refractivity contribution in [1.82, 2.24) is 5.32 Å². The minimum atomic E-state index is -0.464. The molecule has 1 aromatic carbocycles. The number of hydrogen-bond donors (Lipinski definition) is 1. The topological polar surface area (TPSA) is 38.3 Å². The summed E-state index contributed by atoms with van der Waals surface area (Å²) in [6.45, 7) is 6.50. The molecular weight excluding hydrogens is 306 g/mol. The third-order valence-corrected chi connectivity index (χ3v) is 3.84. The van der Waals surface area contributed by atoms with Gasteiger partial charge in [0, 0.05) is 10.4 Å². The highest BCUT2D eigenvalue weighted by Gasteiger charge is 2.34. The zero-order chi connectivity index (χ0) is 14.0. The lowest BCUT2D eigenvalue weighted by Crippen LogP contribution is -2.36. The first-order chi connectivity index (χ1) is 8.88. The van der Waals surface area contributed by atoms with Crippen LogP contribution in [-0.2, 0) is 9.53 Å². The van der Waals surface area contributed by atoms with Crippen LogP contribution in [0.1, 0.15) is 38.7 Å². The Hall–Kier alpha value is -0.870. The summed E-state index contributed by atoms with van der Waals surface area (Å²) in [5.41, 5.74) is 0.744. The second-order valence-corrected chi connectivity index (χ2v) is 6.89. The highest BCUT2D eigenvalue weighted by Crippen LogP contribution is 2.30. The number of hydrogen-bond acceptors (Lipinski definition) is 3. The number of nitrogens with one attached hydrogen (secondary N) is 1. The molecule has 1 aliphatic heterocycles. The summed E-state index contributed by atoms with van der Waals surface area (Å²) in [5.74, 6) is 0.0772. The number of carbonyl (C=O) groups excluding carboxylic acids is 1. The Balaban J connectivity index is 2.09. The molecule has 0 spiro atoms. The Morgan fingerprint density at radius 2 is 1.95 bits per heavy atom. The fourth-order valence-corrected chi connectivity index (χ4v) is 2.41. The predicted octanol–water partition coefficient (Wildman–Crippen LogP) is 3.44. The number of rotatable bonds is 2. The highest BCUT2D eigenvalue weighted by atomic mass is 79.9. The Morgan fingerprint density at radius 3 is 2.53 bits per heavy atom. The molecule has 0 aromatic heterocycles. The van der Waals surface area contributed by atoms with Gasteiger partial charge in [0.2, 0.25) is 0 Å². The number of benzene rings is 1. The van der Waals surface area contributed by atoms with E-state index in [1.54, 1.807) is 0 Å². The van der Waals surface area contributed by atoms with Gasteiger partial charge in [-0.05, 0) is 51.4 Å². The van der Waals surface area contributed by atoms with Crippen LogP contribution in [0.15, 0.2) is 28.7 Å². The third-order valence-electron chi connectivity index (χ3n) is 3.31. The Labute approximate surface area is 122 Å². The number of ether oxygens (including phenoxy) is 1. The van der Waals surface area contributed by atoms with Crippen LogP contribution in [0.2, 0.25) is 0 Å². The average Bonchev–Trinajstić information content (AvgIpc) is 2.77. The van der Waals surface area contributed by atoms with E-state index >= 15 is 0 Å². The smallest absolute Gasteiger partial charge is 0.312 e. The van der Waals surface area contributed by atoms with Crippen LogP contribution in [0.25, 0.3) is 0 Å². The zero-order valence-electron chi connectivity index (χ0n) is 11.6. The van der Waals surface area contributed by atoms with Crippen LogP contribution in [0.3, 0.4) is 0 Å². The van der Waals surface area contributed by atoms with Gasteiger partial charge in [0.05, 0.1) is 5.41 Å². The van der Waals surface area contributed by atoms with Gasteiger partial charge < -0.3 is 4.74 Å². The molecule has 0 saturated carbocycles. The largest absolute Gasteiger partial charge is 0.445 e. The summed E-state index contributed by atoms with van der Waals surface area (Å²) < 4.78 is 6.67. The molecule has 1 N–H and O–H groups in total. The minimum absolute atomic E-state index is 0.158. The van der Waals surface area contributed by atoms with Crippen molar-refractivity contribution >= 4 is 21.9 Å². The van der Waals surface area contributed by atoms with E-state index in [-0.39, 0.29) is 18.1 Å². The number of halogens is 1. The van der Waals surface area contributed by atoms with Gasteiger partial charge in [0.15, 0.2) is 6.23 Å². The summed E-state index contributed by atoms with van der Waals surface area (Å²) in [6, 6.07) is 8.21. The van der Waals surface area contributed by atoms with E-state index < -0.39 is 5.41 Å². The van der Waals surface area contributed by atoms with Crippen molar-refractivity contribution in [2.24, 2.45) is 5.41 Å². The van der Waals surface area contributed by atoms with Crippen molar-refractivity contribution in [2.75, 3.05) is 6.54 Å². The highest BCUT2D eigenvalue weighted by molar-refractivity contribution is 9.10. The molecule has 4 heteroatoms. The van der Waals surface area contributed by atoms with Gasteiger partial charge in [0.25, 0.3) is 0 Å². The summed E-state index contributed by atoms with van der Waals surface area (Å²) in [7, 11) is 0. The van der Waals surface area contributed by atoms with E-state index in [1.807, 2.05) is 32.9 Å². The van der Waals surface area contributed by atoms with Crippen molar-refractivity contribution in [3.63, 3.8) is 0 Å². The van der Waals surface area contributed by atoms with Crippen LogP contribution < -0.4 is 5.32 Å². The Kier molecular flexibility index (Phi) is 4.31. The third kappa shape index (κ3) is 3.57. The monoisotopic (exact) mass is 325 g/mol. The minimum Gasteiger partial charge on any atom is -0.445 e. The molecule has 1 aliphatic rings. The summed E-state index contributed by atoms with van der Waals surface area (Å²) in [4.78, 5) is 12.0. The van der Waals surface area contributed by atoms with Gasteiger partial charge in [-0.1, -0.05) is 28.1 Å². The first kappa shape index (κ1) is 14.5. The fraction of sp³-hybridized carbons (Fsp3) is 0.533. The van der Waals surface area contributed by atoms with Gasteiger partial charge >= 0.3 is 5.97 Å². The van der Waals surface area contributed by atoms with Gasteiger partial charge in [-0.25, -0.2) is 0 Å². The van der Waals surface area contributed by atoms with Crippen molar-refractivity contribution in [3.05, 3.63) is 34.3 Å². The standard InChI is InChI=1S/C15H20BrNO2/c1-15(2,3)14(18)19-13-12(8-9-17-13)10-4-6-11(16)7-5-10/h4-7,12-13,17H,8-9H2,1-3H3. The molecule has 2 rings (SSSR count). The molecule has 104 valence electrons. The quantitative estimate of drug-likeness (QED) is 0.846. The first-order valence-corrected chi connectivity index (χ1v) is 7.37. The van der Waals surface area contributed by atoms with E-state index in [0.717, 1.165) is 17.4 Å². The molecule has 2 atom stereocenters. The van der Waals surface area contributed by atoms with Gasteiger partial charge in [-0.15, -0.1) is 0 Å². The molecule has 3 nitrogen and oxygen atoms in total. The Morgan fingerprint density at radius 1 is 1.32 bits per heavy atom. The second-order valence-electron chi connectivity index (χ2n) is 5.98. The molecule has 0 radical (unpaired) electrons. The van der Waals surface area contributed by atoms with Gasteiger partial charge in [0.1, 0.15) is 0 Å². The molecule has 1 saturated heterocycles. The summed E-state index contributed by atoms with van der Waals surface area (Å²) in [6.07, 6.45) is 0.775. The Bertz CT molecular complexity index is 450. The molecule has 1 fully saturated rings. The van der Waals surface area contributed by atoms with E-state index in [0.29, 0.717) is 0 Å². The summed E-state index contributed by atoms with van der Waals surface area (Å²) >= 11 is 3.43. The molecule has 0 aliphatic carbocycles. The molecular formula is C15H20BrNO2.